The normalized spacial score (nSPS) is 19.7. The van der Waals surface area contributed by atoms with Crippen LogP contribution < -0.4 is 15.4 Å². The van der Waals surface area contributed by atoms with Crippen LogP contribution in [0.1, 0.15) is 19.5 Å². The molecule has 1 saturated heterocycles. The number of hydrogen-bond acceptors (Lipinski definition) is 7. The Morgan fingerprint density at radius 2 is 2.14 bits per heavy atom. The molecular formula is C19H22F2N6O2. The molecule has 1 fully saturated rings. The molecule has 154 valence electrons. The summed E-state index contributed by atoms with van der Waals surface area (Å²) >= 11 is 0. The maximum absolute atomic E-state index is 14.3. The minimum Gasteiger partial charge on any atom is -0.495 e. The van der Waals surface area contributed by atoms with Gasteiger partial charge < -0.3 is 20.5 Å². The number of nitrogens with one attached hydrogen (secondary N) is 2. The van der Waals surface area contributed by atoms with Gasteiger partial charge in [0, 0.05) is 19.2 Å². The molecule has 1 aliphatic heterocycles. The number of ether oxygens (including phenoxy) is 1. The molecule has 10 heteroatoms. The monoisotopic (exact) mass is 404 g/mol. The van der Waals surface area contributed by atoms with Crippen LogP contribution in [0.2, 0.25) is 0 Å². The molecule has 8 nitrogen and oxygen atoms in total. The number of halogens is 2. The Labute approximate surface area is 165 Å². The number of anilines is 1. The number of fused-ring (bicyclic) bond motifs is 1. The lowest BCUT2D eigenvalue weighted by molar-refractivity contribution is 0.0694. The Bertz CT molecular complexity index is 1050. The Kier molecular flexibility index (Phi) is 4.83. The molecule has 2 atom stereocenters. The first kappa shape index (κ1) is 19.5. The molecule has 0 bridgehead atoms. The molecule has 29 heavy (non-hydrogen) atoms. The lowest BCUT2D eigenvalue weighted by Crippen LogP contribution is -2.30. The van der Waals surface area contributed by atoms with Crippen molar-refractivity contribution in [2.24, 2.45) is 0 Å². The fraction of sp³-hybridized carbons (Fsp3) is 0.421. The number of hydrogen-bond donors (Lipinski definition) is 3. The first-order chi connectivity index (χ1) is 13.8. The quantitative estimate of drug-likeness (QED) is 0.598. The zero-order chi connectivity index (χ0) is 20.8. The molecule has 4 heterocycles. The number of nitrogens with zero attached hydrogens (tertiary/aromatic N) is 4. The molecule has 0 spiro atoms. The van der Waals surface area contributed by atoms with Gasteiger partial charge in [-0.25, -0.2) is 23.3 Å². The lowest BCUT2D eigenvalue weighted by atomic mass is 10.0. The van der Waals surface area contributed by atoms with Gasteiger partial charge in [-0.05, 0) is 26.0 Å². The minimum absolute atomic E-state index is 0.0370. The fourth-order valence-electron chi connectivity index (χ4n) is 3.30. The van der Waals surface area contributed by atoms with Crippen LogP contribution >= 0.6 is 0 Å². The van der Waals surface area contributed by atoms with Crippen LogP contribution in [0.5, 0.6) is 5.75 Å². The highest BCUT2D eigenvalue weighted by atomic mass is 19.1. The van der Waals surface area contributed by atoms with Gasteiger partial charge in [0.25, 0.3) is 0 Å². The van der Waals surface area contributed by atoms with E-state index in [1.54, 1.807) is 26.1 Å². The number of aromatic nitrogens is 4. The smallest absolute Gasteiger partial charge is 0.165 e. The van der Waals surface area contributed by atoms with Crippen LogP contribution in [-0.4, -0.2) is 57.1 Å². The number of alkyl halides is 1. The van der Waals surface area contributed by atoms with Crippen molar-refractivity contribution in [2.75, 3.05) is 25.5 Å². The highest BCUT2D eigenvalue weighted by Crippen LogP contribution is 2.30. The van der Waals surface area contributed by atoms with Gasteiger partial charge in [-0.15, -0.1) is 0 Å². The molecule has 0 radical (unpaired) electrons. The van der Waals surface area contributed by atoms with Crippen molar-refractivity contribution in [1.82, 2.24) is 24.9 Å². The van der Waals surface area contributed by atoms with Crippen LogP contribution in [0.15, 0.2) is 24.4 Å². The van der Waals surface area contributed by atoms with E-state index in [0.717, 1.165) is 0 Å². The van der Waals surface area contributed by atoms with Gasteiger partial charge in [-0.3, -0.25) is 0 Å². The van der Waals surface area contributed by atoms with Gasteiger partial charge in [-0.1, -0.05) is 0 Å². The van der Waals surface area contributed by atoms with Crippen LogP contribution in [0.25, 0.3) is 17.0 Å². The van der Waals surface area contributed by atoms with Crippen LogP contribution in [-0.2, 0) is 5.60 Å². The van der Waals surface area contributed by atoms with Gasteiger partial charge in [0.05, 0.1) is 25.0 Å². The summed E-state index contributed by atoms with van der Waals surface area (Å²) < 4.78 is 35.0. The third-order valence-corrected chi connectivity index (χ3v) is 4.83. The van der Waals surface area contributed by atoms with Gasteiger partial charge >= 0.3 is 0 Å². The van der Waals surface area contributed by atoms with Crippen molar-refractivity contribution in [2.45, 2.75) is 31.7 Å². The molecular weight excluding hydrogens is 382 g/mol. The summed E-state index contributed by atoms with van der Waals surface area (Å²) in [5.74, 6) is -0.210. The topological polar surface area (TPSA) is 96.6 Å². The summed E-state index contributed by atoms with van der Waals surface area (Å²) in [6.07, 6.45) is 0.425. The first-order valence-electron chi connectivity index (χ1n) is 9.22. The van der Waals surface area contributed by atoms with E-state index in [1.165, 1.54) is 23.8 Å². The highest BCUT2D eigenvalue weighted by molar-refractivity contribution is 5.62. The van der Waals surface area contributed by atoms with E-state index < -0.39 is 23.6 Å². The second-order valence-electron chi connectivity index (χ2n) is 7.49. The van der Waals surface area contributed by atoms with Gasteiger partial charge in [0.1, 0.15) is 28.9 Å². The zero-order valence-electron chi connectivity index (χ0n) is 16.3. The molecule has 3 aromatic heterocycles. The Balaban J connectivity index is 1.77. The summed E-state index contributed by atoms with van der Waals surface area (Å²) in [5.41, 5.74) is 0.453. The third kappa shape index (κ3) is 3.60. The first-order valence-corrected chi connectivity index (χ1v) is 9.22. The van der Waals surface area contributed by atoms with Gasteiger partial charge in [0.2, 0.25) is 0 Å². The summed E-state index contributed by atoms with van der Waals surface area (Å²) in [4.78, 5) is 8.63. The van der Waals surface area contributed by atoms with E-state index >= 15 is 0 Å². The molecule has 4 rings (SSSR count). The zero-order valence-corrected chi connectivity index (χ0v) is 16.3. The van der Waals surface area contributed by atoms with Crippen molar-refractivity contribution >= 4 is 11.5 Å². The predicted octanol–water partition coefficient (Wildman–Crippen LogP) is 1.89. The second-order valence-corrected chi connectivity index (χ2v) is 7.49. The molecule has 0 saturated carbocycles. The highest BCUT2D eigenvalue weighted by Gasteiger charge is 2.28. The molecule has 1 aliphatic rings. The van der Waals surface area contributed by atoms with Gasteiger partial charge in [0.15, 0.2) is 17.3 Å². The average Bonchev–Trinajstić information content (AvgIpc) is 3.27. The number of imidazole rings is 1. The Hall–Kier alpha value is -2.85. The SMILES string of the molecule is COc1cc2ncc(-c3ccc(F)c(N[C@@H]4CNC[C@H]4F)n3)n2nc1C(C)(C)O. The Morgan fingerprint density at radius 3 is 2.79 bits per heavy atom. The van der Waals surface area contributed by atoms with E-state index in [-0.39, 0.29) is 12.4 Å². The van der Waals surface area contributed by atoms with E-state index in [1.807, 2.05) is 0 Å². The number of methoxy groups -OCH3 is 1. The standard InChI is InChI=1S/C19H22F2N6O2/c1-19(2,28)17-15(29-3)6-16-23-9-14(27(16)26-17)12-5-4-10(20)18(24-12)25-13-8-22-7-11(13)21/h4-6,9,11,13,22,28H,7-8H2,1-3H3,(H,24,25)/t11-,13-/m1/s1. The maximum atomic E-state index is 14.3. The summed E-state index contributed by atoms with van der Waals surface area (Å²) in [6, 6.07) is 3.86. The van der Waals surface area contributed by atoms with E-state index in [2.05, 4.69) is 25.7 Å². The summed E-state index contributed by atoms with van der Waals surface area (Å²) in [5, 5.41) is 20.6. The molecule has 0 amide bonds. The third-order valence-electron chi connectivity index (χ3n) is 4.83. The number of pyridine rings is 1. The maximum Gasteiger partial charge on any atom is 0.165 e. The van der Waals surface area contributed by atoms with Crippen LogP contribution in [0.3, 0.4) is 0 Å². The van der Waals surface area contributed by atoms with Gasteiger partial charge in [-0.2, -0.15) is 5.10 Å². The molecule has 0 aliphatic carbocycles. The average molecular weight is 404 g/mol. The summed E-state index contributed by atoms with van der Waals surface area (Å²) in [6.45, 7) is 3.80. The predicted molar refractivity (Wildman–Crippen MR) is 103 cm³/mol. The minimum atomic E-state index is -1.25. The molecule has 3 N–H and O–H groups in total. The van der Waals surface area contributed by atoms with E-state index in [0.29, 0.717) is 35.0 Å². The Morgan fingerprint density at radius 1 is 1.34 bits per heavy atom. The van der Waals surface area contributed by atoms with Crippen LogP contribution in [0.4, 0.5) is 14.6 Å². The second kappa shape index (κ2) is 7.20. The van der Waals surface area contributed by atoms with E-state index in [9.17, 15) is 13.9 Å². The molecule has 3 aromatic rings. The fourth-order valence-corrected chi connectivity index (χ4v) is 3.30. The van der Waals surface area contributed by atoms with Crippen molar-refractivity contribution < 1.29 is 18.6 Å². The summed E-state index contributed by atoms with van der Waals surface area (Å²) in [7, 11) is 1.49. The van der Waals surface area contributed by atoms with Crippen molar-refractivity contribution in [3.8, 4) is 17.1 Å². The number of rotatable bonds is 5. The largest absolute Gasteiger partial charge is 0.495 e. The van der Waals surface area contributed by atoms with Crippen molar-refractivity contribution in [1.29, 1.82) is 0 Å². The molecule has 0 aromatic carbocycles. The lowest BCUT2D eigenvalue weighted by Gasteiger charge is -2.19. The van der Waals surface area contributed by atoms with Crippen LogP contribution in [0, 0.1) is 5.82 Å². The van der Waals surface area contributed by atoms with E-state index in [4.69, 9.17) is 4.74 Å². The van der Waals surface area contributed by atoms with Crippen molar-refractivity contribution in [3.63, 3.8) is 0 Å². The molecule has 0 unspecified atom stereocenters. The number of aliphatic hydroxyl groups is 1. The van der Waals surface area contributed by atoms with Crippen molar-refractivity contribution in [3.05, 3.63) is 35.9 Å².